The van der Waals surface area contributed by atoms with Crippen molar-refractivity contribution in [3.63, 3.8) is 0 Å². The second-order valence-corrected chi connectivity index (χ2v) is 10.6. The molecule has 3 aromatic carbocycles. The standard InChI is InChI=1S/C33H40FN3O5/c1-39-17-3-15-37-16-19-41-31-11-6-24(20-30(31)37)23-42-32-22-35-13-12-29(32)25-7-9-28(10-8-25)40-18-14-36-33(38)26-4-2-5-27(34)21-26/h2,4-11,20-21,29,32,35H,3,12-19,22-23H2,1H3,(H,36,38). The van der Waals surface area contributed by atoms with Gasteiger partial charge in [-0.05, 0) is 73.0 Å². The molecule has 2 unspecified atom stereocenters. The van der Waals surface area contributed by atoms with Crippen molar-refractivity contribution < 1.29 is 28.1 Å². The number of fused-ring (bicyclic) bond motifs is 1. The minimum Gasteiger partial charge on any atom is -0.492 e. The summed E-state index contributed by atoms with van der Waals surface area (Å²) in [5, 5.41) is 6.24. The predicted octanol–water partition coefficient (Wildman–Crippen LogP) is 4.53. The van der Waals surface area contributed by atoms with E-state index in [1.165, 1.54) is 23.8 Å². The smallest absolute Gasteiger partial charge is 0.251 e. The molecular formula is C33H40FN3O5. The Morgan fingerprint density at radius 2 is 2.00 bits per heavy atom. The number of hydrogen-bond acceptors (Lipinski definition) is 7. The third-order valence-corrected chi connectivity index (χ3v) is 7.70. The molecule has 0 bridgehead atoms. The summed E-state index contributed by atoms with van der Waals surface area (Å²) in [6.07, 6.45) is 2.01. The monoisotopic (exact) mass is 577 g/mol. The molecule has 2 aliphatic rings. The Bertz CT molecular complexity index is 1310. The van der Waals surface area contributed by atoms with Gasteiger partial charge in [-0.1, -0.05) is 24.3 Å². The van der Waals surface area contributed by atoms with Crippen molar-refractivity contribution >= 4 is 11.6 Å². The number of carbonyl (C=O) groups excluding carboxylic acids is 1. The SMILES string of the molecule is COCCCN1CCOc2ccc(COC3CNCCC3c3ccc(OCCNC(=O)c4cccc(F)c4)cc3)cc21. The van der Waals surface area contributed by atoms with Crippen LogP contribution in [0, 0.1) is 5.82 Å². The van der Waals surface area contributed by atoms with Crippen LogP contribution in [0.5, 0.6) is 11.5 Å². The minimum absolute atomic E-state index is 0.0497. The second-order valence-electron chi connectivity index (χ2n) is 10.6. The van der Waals surface area contributed by atoms with Crippen molar-refractivity contribution in [1.29, 1.82) is 0 Å². The molecule has 0 radical (unpaired) electrons. The number of amides is 1. The van der Waals surface area contributed by atoms with Crippen LogP contribution in [0.3, 0.4) is 0 Å². The van der Waals surface area contributed by atoms with Gasteiger partial charge in [0.15, 0.2) is 0 Å². The Kier molecular flexibility index (Phi) is 10.6. The number of ether oxygens (including phenoxy) is 4. The van der Waals surface area contributed by atoms with Crippen LogP contribution in [0.15, 0.2) is 66.7 Å². The summed E-state index contributed by atoms with van der Waals surface area (Å²) in [7, 11) is 1.74. The minimum atomic E-state index is -0.435. The summed E-state index contributed by atoms with van der Waals surface area (Å²) in [6.45, 7) is 6.16. The van der Waals surface area contributed by atoms with Gasteiger partial charge in [-0.25, -0.2) is 4.39 Å². The van der Waals surface area contributed by atoms with E-state index in [1.807, 2.05) is 12.1 Å². The molecule has 1 fully saturated rings. The first-order chi connectivity index (χ1) is 20.6. The van der Waals surface area contributed by atoms with Gasteiger partial charge in [0, 0.05) is 38.3 Å². The van der Waals surface area contributed by atoms with Gasteiger partial charge < -0.3 is 34.5 Å². The molecule has 8 nitrogen and oxygen atoms in total. The summed E-state index contributed by atoms with van der Waals surface area (Å²) in [4.78, 5) is 14.5. The molecule has 1 amide bonds. The van der Waals surface area contributed by atoms with E-state index < -0.39 is 5.82 Å². The largest absolute Gasteiger partial charge is 0.492 e. The lowest BCUT2D eigenvalue weighted by Crippen LogP contribution is -2.41. The van der Waals surface area contributed by atoms with E-state index in [4.69, 9.17) is 18.9 Å². The lowest BCUT2D eigenvalue weighted by molar-refractivity contribution is 0.0106. The maximum atomic E-state index is 13.3. The molecule has 2 N–H and O–H groups in total. The summed E-state index contributed by atoms with van der Waals surface area (Å²) in [5.41, 5.74) is 3.77. The summed E-state index contributed by atoms with van der Waals surface area (Å²) in [6, 6.07) is 20.1. The molecule has 224 valence electrons. The molecule has 0 saturated carbocycles. The Labute approximate surface area is 247 Å². The Balaban J connectivity index is 1.12. The van der Waals surface area contributed by atoms with E-state index in [0.717, 1.165) is 68.4 Å². The van der Waals surface area contributed by atoms with Crippen molar-refractivity contribution in [2.75, 3.05) is 64.6 Å². The highest BCUT2D eigenvalue weighted by Gasteiger charge is 2.27. The van der Waals surface area contributed by atoms with Crippen molar-refractivity contribution in [3.8, 4) is 11.5 Å². The van der Waals surface area contributed by atoms with Crippen molar-refractivity contribution in [2.45, 2.75) is 31.5 Å². The predicted molar refractivity (Wildman–Crippen MR) is 160 cm³/mol. The molecule has 2 atom stereocenters. The molecule has 5 rings (SSSR count). The van der Waals surface area contributed by atoms with Crippen LogP contribution in [0.1, 0.15) is 40.2 Å². The van der Waals surface area contributed by atoms with Gasteiger partial charge >= 0.3 is 0 Å². The summed E-state index contributed by atoms with van der Waals surface area (Å²) >= 11 is 0. The number of hydrogen-bond donors (Lipinski definition) is 2. The quantitative estimate of drug-likeness (QED) is 0.289. The number of methoxy groups -OCH3 is 1. The van der Waals surface area contributed by atoms with E-state index in [2.05, 4.69) is 45.9 Å². The third kappa shape index (κ3) is 8.00. The number of halogens is 1. The molecule has 3 aromatic rings. The topological polar surface area (TPSA) is 81.3 Å². The van der Waals surface area contributed by atoms with Crippen LogP contribution in [0.2, 0.25) is 0 Å². The molecule has 2 aliphatic heterocycles. The molecule has 1 saturated heterocycles. The van der Waals surface area contributed by atoms with Crippen LogP contribution in [-0.2, 0) is 16.1 Å². The van der Waals surface area contributed by atoms with Crippen molar-refractivity contribution in [2.24, 2.45) is 0 Å². The summed E-state index contributed by atoms with van der Waals surface area (Å²) < 4.78 is 36.8. The number of rotatable bonds is 13. The lowest BCUT2D eigenvalue weighted by atomic mass is 9.87. The maximum absolute atomic E-state index is 13.3. The van der Waals surface area contributed by atoms with Crippen LogP contribution >= 0.6 is 0 Å². The first-order valence-corrected chi connectivity index (χ1v) is 14.7. The van der Waals surface area contributed by atoms with Crippen LogP contribution < -0.4 is 25.0 Å². The number of piperidine rings is 1. The average Bonchev–Trinajstić information content (AvgIpc) is 3.02. The van der Waals surface area contributed by atoms with Gasteiger partial charge in [0.1, 0.15) is 30.5 Å². The normalized spacial score (nSPS) is 18.2. The van der Waals surface area contributed by atoms with Crippen molar-refractivity contribution in [3.05, 3.63) is 89.2 Å². The first kappa shape index (κ1) is 29.8. The highest BCUT2D eigenvalue weighted by Crippen LogP contribution is 2.34. The maximum Gasteiger partial charge on any atom is 0.251 e. The van der Waals surface area contributed by atoms with Gasteiger partial charge in [0.05, 0.1) is 31.5 Å². The number of nitrogens with one attached hydrogen (secondary N) is 2. The van der Waals surface area contributed by atoms with E-state index in [0.29, 0.717) is 31.9 Å². The zero-order valence-corrected chi connectivity index (χ0v) is 24.2. The lowest BCUT2D eigenvalue weighted by Gasteiger charge is -2.33. The zero-order chi connectivity index (χ0) is 29.1. The fraction of sp³-hybridized carbons (Fsp3) is 0.424. The fourth-order valence-electron chi connectivity index (χ4n) is 5.51. The van der Waals surface area contributed by atoms with Gasteiger partial charge in [-0.3, -0.25) is 4.79 Å². The fourth-order valence-corrected chi connectivity index (χ4v) is 5.51. The Hall–Kier alpha value is -3.66. The zero-order valence-electron chi connectivity index (χ0n) is 24.2. The molecule has 9 heteroatoms. The molecule has 0 spiro atoms. The Morgan fingerprint density at radius 3 is 2.83 bits per heavy atom. The molecule has 0 aromatic heterocycles. The Morgan fingerprint density at radius 1 is 1.12 bits per heavy atom. The molecule has 2 heterocycles. The van der Waals surface area contributed by atoms with E-state index in [9.17, 15) is 9.18 Å². The van der Waals surface area contributed by atoms with E-state index in [-0.39, 0.29) is 17.9 Å². The number of anilines is 1. The molecule has 42 heavy (non-hydrogen) atoms. The third-order valence-electron chi connectivity index (χ3n) is 7.70. The molecular weight excluding hydrogens is 537 g/mol. The van der Waals surface area contributed by atoms with Gasteiger partial charge in [-0.2, -0.15) is 0 Å². The van der Waals surface area contributed by atoms with E-state index in [1.54, 1.807) is 13.2 Å². The van der Waals surface area contributed by atoms with Gasteiger partial charge in [-0.15, -0.1) is 0 Å². The van der Waals surface area contributed by atoms with Gasteiger partial charge in [0.2, 0.25) is 0 Å². The van der Waals surface area contributed by atoms with Gasteiger partial charge in [0.25, 0.3) is 5.91 Å². The first-order valence-electron chi connectivity index (χ1n) is 14.7. The van der Waals surface area contributed by atoms with Crippen LogP contribution in [0.4, 0.5) is 10.1 Å². The molecule has 0 aliphatic carbocycles. The van der Waals surface area contributed by atoms with E-state index >= 15 is 0 Å². The average molecular weight is 578 g/mol. The number of benzene rings is 3. The number of carbonyl (C=O) groups is 1. The summed E-state index contributed by atoms with van der Waals surface area (Å²) in [5.74, 6) is 1.17. The van der Waals surface area contributed by atoms with Crippen LogP contribution in [-0.4, -0.2) is 71.7 Å². The number of nitrogens with zero attached hydrogens (tertiary/aromatic N) is 1. The van der Waals surface area contributed by atoms with Crippen LogP contribution in [0.25, 0.3) is 0 Å². The highest BCUT2D eigenvalue weighted by molar-refractivity contribution is 5.94. The van der Waals surface area contributed by atoms with Crippen molar-refractivity contribution in [1.82, 2.24) is 10.6 Å². The highest BCUT2D eigenvalue weighted by atomic mass is 19.1. The second kappa shape index (κ2) is 15.0.